The summed E-state index contributed by atoms with van der Waals surface area (Å²) in [6.45, 7) is 2.08. The van der Waals surface area contributed by atoms with Crippen LogP contribution in [0, 0.1) is 0 Å². The lowest BCUT2D eigenvalue weighted by Gasteiger charge is -2.24. The van der Waals surface area contributed by atoms with Crippen LogP contribution in [0.15, 0.2) is 35.1 Å². The van der Waals surface area contributed by atoms with Gasteiger partial charge in [0.1, 0.15) is 11.6 Å². The van der Waals surface area contributed by atoms with Crippen LogP contribution < -0.4 is 10.3 Å². The van der Waals surface area contributed by atoms with Crippen LogP contribution in [0.25, 0.3) is 11.3 Å². The highest BCUT2D eigenvalue weighted by Gasteiger charge is 2.19. The van der Waals surface area contributed by atoms with Gasteiger partial charge in [-0.2, -0.15) is 0 Å². The standard InChI is InChI=1S/C16H18N2O2/c1-11-4-3-5-15-17-14(10-16(19)18(11)15)12-6-8-13(20-2)9-7-12/h6-11H,3-5H2,1-2H3/t11-/m0/s1. The minimum atomic E-state index is 0.0491. The molecule has 1 aromatic heterocycles. The van der Waals surface area contributed by atoms with Crippen molar-refractivity contribution in [2.75, 3.05) is 7.11 Å². The third-order valence-electron chi connectivity index (χ3n) is 3.87. The highest BCUT2D eigenvalue weighted by molar-refractivity contribution is 5.59. The molecule has 104 valence electrons. The molecular weight excluding hydrogens is 252 g/mol. The van der Waals surface area contributed by atoms with E-state index in [1.54, 1.807) is 13.2 Å². The zero-order valence-corrected chi connectivity index (χ0v) is 11.8. The molecule has 0 radical (unpaired) electrons. The van der Waals surface area contributed by atoms with E-state index in [9.17, 15) is 4.79 Å². The van der Waals surface area contributed by atoms with Gasteiger partial charge in [-0.15, -0.1) is 0 Å². The maximum absolute atomic E-state index is 12.3. The first-order valence-electron chi connectivity index (χ1n) is 6.96. The smallest absolute Gasteiger partial charge is 0.254 e. The van der Waals surface area contributed by atoms with Crippen molar-refractivity contribution >= 4 is 0 Å². The highest BCUT2D eigenvalue weighted by Crippen LogP contribution is 2.24. The summed E-state index contributed by atoms with van der Waals surface area (Å²) in [6.07, 6.45) is 3.03. The molecule has 0 saturated carbocycles. The molecule has 1 aromatic carbocycles. The summed E-state index contributed by atoms with van der Waals surface area (Å²) in [5, 5.41) is 0. The zero-order chi connectivity index (χ0) is 14.1. The lowest BCUT2D eigenvalue weighted by atomic mass is 10.0. The first-order valence-corrected chi connectivity index (χ1v) is 6.96. The predicted octanol–water partition coefficient (Wildman–Crippen LogP) is 2.82. The van der Waals surface area contributed by atoms with Gasteiger partial charge in [0.25, 0.3) is 5.56 Å². The number of rotatable bonds is 2. The largest absolute Gasteiger partial charge is 0.497 e. The molecule has 4 nitrogen and oxygen atoms in total. The fraction of sp³-hybridized carbons (Fsp3) is 0.375. The van der Waals surface area contributed by atoms with Gasteiger partial charge in [0.15, 0.2) is 0 Å². The monoisotopic (exact) mass is 270 g/mol. The number of ether oxygens (including phenoxy) is 1. The van der Waals surface area contributed by atoms with Crippen LogP contribution in [0.5, 0.6) is 5.75 Å². The summed E-state index contributed by atoms with van der Waals surface area (Å²) >= 11 is 0. The van der Waals surface area contributed by atoms with Gasteiger partial charge in [0.2, 0.25) is 0 Å². The number of aromatic nitrogens is 2. The molecule has 0 saturated heterocycles. The Morgan fingerprint density at radius 2 is 2.05 bits per heavy atom. The summed E-state index contributed by atoms with van der Waals surface area (Å²) in [5.41, 5.74) is 1.75. The van der Waals surface area contributed by atoms with Crippen molar-refractivity contribution in [2.45, 2.75) is 32.2 Å². The van der Waals surface area contributed by atoms with Gasteiger partial charge in [0, 0.05) is 24.1 Å². The van der Waals surface area contributed by atoms with E-state index in [-0.39, 0.29) is 11.6 Å². The van der Waals surface area contributed by atoms with Crippen LogP contribution in [0.4, 0.5) is 0 Å². The Kier molecular flexibility index (Phi) is 3.30. The Balaban J connectivity index is 2.06. The van der Waals surface area contributed by atoms with Gasteiger partial charge in [-0.25, -0.2) is 4.98 Å². The van der Waals surface area contributed by atoms with Crippen LogP contribution in [0.1, 0.15) is 31.6 Å². The van der Waals surface area contributed by atoms with Gasteiger partial charge in [-0.1, -0.05) is 0 Å². The van der Waals surface area contributed by atoms with Crippen LogP contribution in [0.2, 0.25) is 0 Å². The fourth-order valence-corrected chi connectivity index (χ4v) is 2.78. The van der Waals surface area contributed by atoms with Crippen LogP contribution in [-0.4, -0.2) is 16.7 Å². The second kappa shape index (κ2) is 5.12. The van der Waals surface area contributed by atoms with Crippen molar-refractivity contribution in [3.05, 3.63) is 46.5 Å². The van der Waals surface area contributed by atoms with Crippen molar-refractivity contribution in [3.8, 4) is 17.0 Å². The fourth-order valence-electron chi connectivity index (χ4n) is 2.78. The van der Waals surface area contributed by atoms with Gasteiger partial charge in [-0.05, 0) is 44.0 Å². The van der Waals surface area contributed by atoms with E-state index in [4.69, 9.17) is 4.74 Å². The second-order valence-electron chi connectivity index (χ2n) is 5.24. The normalized spacial score (nSPS) is 17.6. The Morgan fingerprint density at radius 1 is 1.30 bits per heavy atom. The van der Waals surface area contributed by atoms with E-state index < -0.39 is 0 Å². The SMILES string of the molecule is COc1ccc(-c2cc(=O)n3c(n2)CCC[C@@H]3C)cc1. The number of fused-ring (bicyclic) bond motifs is 1. The minimum absolute atomic E-state index is 0.0491. The van der Waals surface area contributed by atoms with Crippen LogP contribution in [-0.2, 0) is 6.42 Å². The van der Waals surface area contributed by atoms with Gasteiger partial charge < -0.3 is 4.74 Å². The first-order chi connectivity index (χ1) is 9.69. The van der Waals surface area contributed by atoms with E-state index >= 15 is 0 Å². The molecule has 2 heterocycles. The number of hydrogen-bond donors (Lipinski definition) is 0. The first kappa shape index (κ1) is 12.9. The van der Waals surface area contributed by atoms with Crippen LogP contribution in [0.3, 0.4) is 0 Å². The number of nitrogens with zero attached hydrogens (tertiary/aromatic N) is 2. The molecule has 0 spiro atoms. The van der Waals surface area contributed by atoms with Crippen molar-refractivity contribution < 1.29 is 4.74 Å². The number of hydrogen-bond acceptors (Lipinski definition) is 3. The molecule has 3 rings (SSSR count). The molecule has 2 aromatic rings. The third-order valence-corrected chi connectivity index (χ3v) is 3.87. The quantitative estimate of drug-likeness (QED) is 0.843. The summed E-state index contributed by atoms with van der Waals surface area (Å²) in [7, 11) is 1.64. The lowest BCUT2D eigenvalue weighted by Crippen LogP contribution is -2.30. The third kappa shape index (κ3) is 2.22. The Bertz CT molecular complexity index is 674. The molecule has 20 heavy (non-hydrogen) atoms. The lowest BCUT2D eigenvalue weighted by molar-refractivity contribution is 0.405. The Morgan fingerprint density at radius 3 is 2.75 bits per heavy atom. The van der Waals surface area contributed by atoms with E-state index in [1.807, 2.05) is 28.8 Å². The average molecular weight is 270 g/mol. The van der Waals surface area contributed by atoms with E-state index in [1.165, 1.54) is 0 Å². The Hall–Kier alpha value is -2.10. The minimum Gasteiger partial charge on any atom is -0.497 e. The molecule has 0 N–H and O–H groups in total. The van der Waals surface area contributed by atoms with Gasteiger partial charge in [-0.3, -0.25) is 9.36 Å². The maximum Gasteiger partial charge on any atom is 0.254 e. The average Bonchev–Trinajstić information content (AvgIpc) is 2.47. The molecule has 4 heteroatoms. The molecule has 0 aliphatic carbocycles. The van der Waals surface area contributed by atoms with E-state index in [0.29, 0.717) is 0 Å². The molecule has 0 amide bonds. The molecular formula is C16H18N2O2. The van der Waals surface area contributed by atoms with Crippen molar-refractivity contribution in [1.82, 2.24) is 9.55 Å². The topological polar surface area (TPSA) is 44.1 Å². The molecule has 0 bridgehead atoms. The summed E-state index contributed by atoms with van der Waals surface area (Å²) < 4.78 is 6.98. The predicted molar refractivity (Wildman–Crippen MR) is 78.1 cm³/mol. The van der Waals surface area contributed by atoms with Gasteiger partial charge >= 0.3 is 0 Å². The van der Waals surface area contributed by atoms with E-state index in [2.05, 4.69) is 11.9 Å². The van der Waals surface area contributed by atoms with Crippen molar-refractivity contribution in [1.29, 1.82) is 0 Å². The summed E-state index contributed by atoms with van der Waals surface area (Å²) in [4.78, 5) is 17.0. The summed E-state index contributed by atoms with van der Waals surface area (Å²) in [6, 6.07) is 9.53. The number of benzene rings is 1. The molecule has 0 unspecified atom stereocenters. The molecule has 0 fully saturated rings. The van der Waals surface area contributed by atoms with Crippen LogP contribution >= 0.6 is 0 Å². The number of methoxy groups -OCH3 is 1. The van der Waals surface area contributed by atoms with Crippen molar-refractivity contribution in [2.24, 2.45) is 0 Å². The molecule has 1 atom stereocenters. The molecule has 1 aliphatic heterocycles. The zero-order valence-electron chi connectivity index (χ0n) is 11.8. The highest BCUT2D eigenvalue weighted by atomic mass is 16.5. The van der Waals surface area contributed by atoms with E-state index in [0.717, 1.165) is 42.1 Å². The van der Waals surface area contributed by atoms with Gasteiger partial charge in [0.05, 0.1) is 12.8 Å². The summed E-state index contributed by atoms with van der Waals surface area (Å²) in [5.74, 6) is 1.71. The maximum atomic E-state index is 12.3. The molecule has 1 aliphatic rings. The second-order valence-corrected chi connectivity index (χ2v) is 5.24. The van der Waals surface area contributed by atoms with Crippen molar-refractivity contribution in [3.63, 3.8) is 0 Å². The Labute approximate surface area is 118 Å². The number of aryl methyl sites for hydroxylation is 1.